The summed E-state index contributed by atoms with van der Waals surface area (Å²) in [5.41, 5.74) is 0.885. The van der Waals surface area contributed by atoms with E-state index in [-0.39, 0.29) is 23.9 Å². The Morgan fingerprint density at radius 2 is 1.84 bits per heavy atom. The van der Waals surface area contributed by atoms with E-state index in [0.29, 0.717) is 47.7 Å². The highest BCUT2D eigenvalue weighted by atomic mass is 19.1. The normalized spacial score (nSPS) is 15.2. The number of ether oxygens (including phenoxy) is 3. The zero-order valence-corrected chi connectivity index (χ0v) is 20.9. The van der Waals surface area contributed by atoms with Crippen LogP contribution in [0.1, 0.15) is 18.4 Å². The lowest BCUT2D eigenvalue weighted by Crippen LogP contribution is -2.43. The minimum Gasteiger partial charge on any atom is -0.493 e. The molecule has 2 heterocycles. The van der Waals surface area contributed by atoms with Crippen molar-refractivity contribution in [2.75, 3.05) is 44.6 Å². The van der Waals surface area contributed by atoms with Crippen molar-refractivity contribution < 1.29 is 27.8 Å². The number of piperidine rings is 1. The van der Waals surface area contributed by atoms with Gasteiger partial charge in [0.05, 0.1) is 27.2 Å². The molecule has 0 saturated carbocycles. The fourth-order valence-corrected chi connectivity index (χ4v) is 4.26. The average Bonchev–Trinajstić information content (AvgIpc) is 2.92. The molecule has 2 aromatic carbocycles. The number of amides is 1. The maximum Gasteiger partial charge on any atom is 0.229 e. The van der Waals surface area contributed by atoms with E-state index in [1.807, 2.05) is 4.90 Å². The van der Waals surface area contributed by atoms with Gasteiger partial charge in [0.1, 0.15) is 17.5 Å². The van der Waals surface area contributed by atoms with Crippen molar-refractivity contribution in [1.82, 2.24) is 15.3 Å². The number of carbonyl (C=O) groups is 1. The fourth-order valence-electron chi connectivity index (χ4n) is 4.26. The van der Waals surface area contributed by atoms with Gasteiger partial charge < -0.3 is 29.7 Å². The van der Waals surface area contributed by atoms with Gasteiger partial charge in [0.25, 0.3) is 0 Å². The summed E-state index contributed by atoms with van der Waals surface area (Å²) in [4.78, 5) is 23.8. The van der Waals surface area contributed by atoms with Crippen LogP contribution < -0.4 is 29.7 Å². The molecule has 2 N–H and O–H groups in total. The van der Waals surface area contributed by atoms with Crippen molar-refractivity contribution in [3.8, 4) is 17.2 Å². The Kier molecular flexibility index (Phi) is 8.22. The summed E-state index contributed by atoms with van der Waals surface area (Å²) >= 11 is 0. The monoisotopic (exact) mass is 513 g/mol. The summed E-state index contributed by atoms with van der Waals surface area (Å²) in [6.45, 7) is 1.19. The van der Waals surface area contributed by atoms with Crippen molar-refractivity contribution >= 4 is 23.4 Å². The second-order valence-corrected chi connectivity index (χ2v) is 8.52. The molecule has 4 rings (SSSR count). The van der Waals surface area contributed by atoms with Gasteiger partial charge in [0.15, 0.2) is 11.5 Å². The van der Waals surface area contributed by atoms with Gasteiger partial charge in [0.2, 0.25) is 17.6 Å². The number of anilines is 3. The van der Waals surface area contributed by atoms with Gasteiger partial charge in [-0.2, -0.15) is 4.98 Å². The Hall–Kier alpha value is -4.15. The fraction of sp³-hybridized carbons (Fsp3) is 0.346. The van der Waals surface area contributed by atoms with E-state index < -0.39 is 11.6 Å². The molecule has 3 aromatic rings. The molecule has 1 aromatic heterocycles. The molecule has 0 aliphatic carbocycles. The Bertz CT molecular complexity index is 1230. The Balaban J connectivity index is 1.43. The predicted octanol–water partition coefficient (Wildman–Crippen LogP) is 4.06. The largest absolute Gasteiger partial charge is 0.493 e. The van der Waals surface area contributed by atoms with Crippen LogP contribution >= 0.6 is 0 Å². The van der Waals surface area contributed by atoms with E-state index in [9.17, 15) is 13.6 Å². The number of hydrogen-bond donors (Lipinski definition) is 2. The van der Waals surface area contributed by atoms with Crippen molar-refractivity contribution in [2.45, 2.75) is 19.4 Å². The summed E-state index contributed by atoms with van der Waals surface area (Å²) < 4.78 is 43.2. The van der Waals surface area contributed by atoms with E-state index in [0.717, 1.165) is 19.0 Å². The Labute approximate surface area is 213 Å². The van der Waals surface area contributed by atoms with Gasteiger partial charge in [-0.1, -0.05) is 6.07 Å². The molecule has 1 atom stereocenters. The van der Waals surface area contributed by atoms with Crippen LogP contribution in [0.2, 0.25) is 0 Å². The maximum absolute atomic E-state index is 13.9. The lowest BCUT2D eigenvalue weighted by Gasteiger charge is -2.33. The van der Waals surface area contributed by atoms with Crippen LogP contribution in [0.5, 0.6) is 17.2 Å². The van der Waals surface area contributed by atoms with Crippen LogP contribution in [-0.2, 0) is 11.3 Å². The molecule has 1 fully saturated rings. The molecule has 9 nitrogen and oxygen atoms in total. The number of halogens is 2. The SMILES string of the molecule is COc1cc(Nc2nccc(N3CCCC(C(=O)NCc4ccc(F)cc4F)C3)n2)cc(OC)c1OC. The van der Waals surface area contributed by atoms with Gasteiger partial charge in [-0.05, 0) is 25.0 Å². The van der Waals surface area contributed by atoms with E-state index in [2.05, 4.69) is 20.6 Å². The van der Waals surface area contributed by atoms with E-state index in [1.54, 1.807) is 24.4 Å². The molecule has 0 bridgehead atoms. The van der Waals surface area contributed by atoms with Crippen molar-refractivity contribution in [3.05, 3.63) is 59.8 Å². The summed E-state index contributed by atoms with van der Waals surface area (Å²) in [7, 11) is 4.61. The third kappa shape index (κ3) is 6.16. The van der Waals surface area contributed by atoms with Crippen LogP contribution in [0.15, 0.2) is 42.6 Å². The van der Waals surface area contributed by atoms with Crippen LogP contribution in [-0.4, -0.2) is 50.3 Å². The molecule has 196 valence electrons. The lowest BCUT2D eigenvalue weighted by molar-refractivity contribution is -0.125. The third-order valence-electron chi connectivity index (χ3n) is 6.15. The van der Waals surface area contributed by atoms with Crippen LogP contribution in [0.25, 0.3) is 0 Å². The first-order valence-corrected chi connectivity index (χ1v) is 11.8. The number of nitrogens with zero attached hydrogens (tertiary/aromatic N) is 3. The molecule has 37 heavy (non-hydrogen) atoms. The second-order valence-electron chi connectivity index (χ2n) is 8.52. The molecule has 1 amide bonds. The standard InChI is InChI=1S/C26H29F2N5O4/c1-35-21-12-19(13-22(36-2)24(21)37-3)31-26-29-9-8-23(32-26)33-10-4-5-17(15-33)25(34)30-14-16-6-7-18(27)11-20(16)28/h6-9,11-13,17H,4-5,10,14-15H2,1-3H3,(H,30,34)(H,29,31,32). The number of nitrogens with one attached hydrogen (secondary N) is 2. The first-order chi connectivity index (χ1) is 17.9. The number of hydrogen-bond acceptors (Lipinski definition) is 8. The Morgan fingerprint density at radius 3 is 2.51 bits per heavy atom. The molecule has 1 saturated heterocycles. The van der Waals surface area contributed by atoms with Crippen LogP contribution in [0.4, 0.5) is 26.2 Å². The van der Waals surface area contributed by atoms with Crippen LogP contribution in [0, 0.1) is 17.6 Å². The number of methoxy groups -OCH3 is 3. The summed E-state index contributed by atoms with van der Waals surface area (Å²) in [6.07, 6.45) is 3.14. The topological polar surface area (TPSA) is 97.8 Å². The summed E-state index contributed by atoms with van der Waals surface area (Å²) in [6, 6.07) is 8.61. The molecular weight excluding hydrogens is 484 g/mol. The summed E-state index contributed by atoms with van der Waals surface area (Å²) in [5.74, 6) is 0.689. The number of aromatic nitrogens is 2. The Morgan fingerprint density at radius 1 is 1.08 bits per heavy atom. The number of carbonyl (C=O) groups excluding carboxylic acids is 1. The van der Waals surface area contributed by atoms with Gasteiger partial charge >= 0.3 is 0 Å². The highest BCUT2D eigenvalue weighted by Crippen LogP contribution is 2.40. The van der Waals surface area contributed by atoms with Crippen molar-refractivity contribution in [2.24, 2.45) is 5.92 Å². The minimum absolute atomic E-state index is 0.00217. The maximum atomic E-state index is 13.9. The zero-order chi connectivity index (χ0) is 26.4. The zero-order valence-electron chi connectivity index (χ0n) is 20.9. The molecule has 1 aliphatic rings. The van der Waals surface area contributed by atoms with Gasteiger partial charge in [0, 0.05) is 55.3 Å². The first-order valence-electron chi connectivity index (χ1n) is 11.8. The van der Waals surface area contributed by atoms with Crippen molar-refractivity contribution in [1.29, 1.82) is 0 Å². The molecule has 0 radical (unpaired) electrons. The first kappa shape index (κ1) is 25.9. The number of rotatable bonds is 9. The van der Waals surface area contributed by atoms with Crippen molar-refractivity contribution in [3.63, 3.8) is 0 Å². The van der Waals surface area contributed by atoms with Gasteiger partial charge in [-0.15, -0.1) is 0 Å². The van der Waals surface area contributed by atoms with Gasteiger partial charge in [-0.25, -0.2) is 13.8 Å². The van der Waals surface area contributed by atoms with E-state index in [4.69, 9.17) is 14.2 Å². The minimum atomic E-state index is -0.682. The number of benzene rings is 2. The third-order valence-corrected chi connectivity index (χ3v) is 6.15. The lowest BCUT2D eigenvalue weighted by atomic mass is 9.97. The molecule has 1 aliphatic heterocycles. The van der Waals surface area contributed by atoms with E-state index in [1.165, 1.54) is 33.5 Å². The quantitative estimate of drug-likeness (QED) is 0.442. The van der Waals surface area contributed by atoms with E-state index >= 15 is 0 Å². The molecule has 0 spiro atoms. The van der Waals surface area contributed by atoms with Gasteiger partial charge in [-0.3, -0.25) is 4.79 Å². The van der Waals surface area contributed by atoms with Crippen LogP contribution in [0.3, 0.4) is 0 Å². The smallest absolute Gasteiger partial charge is 0.229 e. The highest BCUT2D eigenvalue weighted by Gasteiger charge is 2.27. The molecule has 1 unspecified atom stereocenters. The average molecular weight is 514 g/mol. The molecular formula is C26H29F2N5O4. The molecule has 11 heteroatoms. The summed E-state index contributed by atoms with van der Waals surface area (Å²) in [5, 5.41) is 5.93. The predicted molar refractivity (Wildman–Crippen MR) is 135 cm³/mol. The second kappa shape index (κ2) is 11.7. The highest BCUT2D eigenvalue weighted by molar-refractivity contribution is 5.79.